The maximum Gasteiger partial charge on any atom is 0.534 e. The number of imide groups is 1. The lowest BCUT2D eigenvalue weighted by atomic mass is 10.1. The Labute approximate surface area is 165 Å². The van der Waals surface area contributed by atoms with Gasteiger partial charge in [0.15, 0.2) is 0 Å². The van der Waals surface area contributed by atoms with E-state index in [0.29, 0.717) is 11.0 Å². The van der Waals surface area contributed by atoms with Crippen molar-refractivity contribution in [2.45, 2.75) is 70.7 Å². The van der Waals surface area contributed by atoms with E-state index in [9.17, 15) is 36.0 Å². The van der Waals surface area contributed by atoms with Crippen molar-refractivity contribution in [3.05, 3.63) is 11.8 Å². The predicted octanol–water partition coefficient (Wildman–Crippen LogP) is 2.61. The standard InChI is InChI=1S/C16H22F3NO8S/c1-14(2,3)26-12(22)10-7-9(28-29(24,25)16(17,18)19)8-11(21)20(10)13(23)27-15(4,5)6/h8,10H,7H2,1-6H3/t10-/m0/s1. The molecule has 2 amide bonds. The molecule has 0 bridgehead atoms. The third-order valence-corrected chi connectivity index (χ3v) is 4.00. The second-order valence-electron chi connectivity index (χ2n) is 8.04. The van der Waals surface area contributed by atoms with Crippen molar-refractivity contribution in [3.8, 4) is 0 Å². The quantitative estimate of drug-likeness (QED) is 0.370. The highest BCUT2D eigenvalue weighted by Gasteiger charge is 2.50. The molecule has 1 aliphatic rings. The van der Waals surface area contributed by atoms with Crippen LogP contribution in [0.1, 0.15) is 48.0 Å². The van der Waals surface area contributed by atoms with Gasteiger partial charge in [-0.15, -0.1) is 0 Å². The number of alkyl halides is 3. The average Bonchev–Trinajstić information content (AvgIpc) is 2.40. The molecule has 1 rings (SSSR count). The van der Waals surface area contributed by atoms with Crippen LogP contribution in [0.15, 0.2) is 11.8 Å². The molecular weight excluding hydrogens is 423 g/mol. The lowest BCUT2D eigenvalue weighted by molar-refractivity contribution is -0.164. The van der Waals surface area contributed by atoms with E-state index in [-0.39, 0.29) is 0 Å². The molecule has 0 saturated heterocycles. The van der Waals surface area contributed by atoms with Crippen molar-refractivity contribution in [2.24, 2.45) is 0 Å². The van der Waals surface area contributed by atoms with E-state index in [4.69, 9.17) is 9.47 Å². The minimum Gasteiger partial charge on any atom is -0.458 e. The van der Waals surface area contributed by atoms with Gasteiger partial charge in [-0.3, -0.25) is 4.79 Å². The highest BCUT2D eigenvalue weighted by molar-refractivity contribution is 7.87. The fourth-order valence-corrected chi connectivity index (χ4v) is 2.53. The number of hydrogen-bond donors (Lipinski definition) is 0. The number of carbonyl (C=O) groups excluding carboxylic acids is 3. The molecule has 0 saturated carbocycles. The third-order valence-electron chi connectivity index (χ3n) is 3.00. The fourth-order valence-electron chi connectivity index (χ4n) is 2.03. The van der Waals surface area contributed by atoms with Gasteiger partial charge in [0.25, 0.3) is 5.91 Å². The SMILES string of the molecule is CC(C)(C)OC(=O)[C@@H]1CC(OS(=O)(=O)C(F)(F)F)=CC(=O)N1C(=O)OC(C)(C)C. The van der Waals surface area contributed by atoms with Gasteiger partial charge in [0.05, 0.1) is 0 Å². The number of ether oxygens (including phenoxy) is 2. The zero-order valence-electron chi connectivity index (χ0n) is 16.6. The normalized spacial score (nSPS) is 18.8. The molecule has 1 aliphatic heterocycles. The third kappa shape index (κ3) is 6.91. The summed E-state index contributed by atoms with van der Waals surface area (Å²) >= 11 is 0. The topological polar surface area (TPSA) is 116 Å². The van der Waals surface area contributed by atoms with Crippen LogP contribution < -0.4 is 0 Å². The molecule has 0 radical (unpaired) electrons. The smallest absolute Gasteiger partial charge is 0.458 e. The Hall–Kier alpha value is -2.31. The first kappa shape index (κ1) is 24.7. The Balaban J connectivity index is 3.31. The monoisotopic (exact) mass is 445 g/mol. The molecule has 0 aromatic heterocycles. The zero-order chi connectivity index (χ0) is 23.0. The van der Waals surface area contributed by atoms with Crippen LogP contribution in [0.5, 0.6) is 0 Å². The molecule has 166 valence electrons. The van der Waals surface area contributed by atoms with Crippen molar-refractivity contribution < 1.29 is 49.6 Å². The lowest BCUT2D eigenvalue weighted by Crippen LogP contribution is -2.53. The van der Waals surface area contributed by atoms with Gasteiger partial charge in [0, 0.05) is 12.5 Å². The number of nitrogens with zero attached hydrogens (tertiary/aromatic N) is 1. The van der Waals surface area contributed by atoms with E-state index < -0.39 is 63.0 Å². The Morgan fingerprint density at radius 2 is 1.52 bits per heavy atom. The van der Waals surface area contributed by atoms with Crippen LogP contribution in [0.25, 0.3) is 0 Å². The number of halogens is 3. The highest BCUT2D eigenvalue weighted by atomic mass is 32.2. The van der Waals surface area contributed by atoms with Crippen molar-refractivity contribution in [1.82, 2.24) is 4.90 Å². The Bertz CT molecular complexity index is 819. The molecule has 0 aliphatic carbocycles. The molecule has 0 spiro atoms. The number of amides is 2. The largest absolute Gasteiger partial charge is 0.534 e. The van der Waals surface area contributed by atoms with E-state index in [1.54, 1.807) is 0 Å². The number of carbonyl (C=O) groups is 3. The van der Waals surface area contributed by atoms with Crippen molar-refractivity contribution >= 4 is 28.1 Å². The molecule has 13 heteroatoms. The molecular formula is C16H22F3NO8S. The van der Waals surface area contributed by atoms with Crippen LogP contribution in [0.3, 0.4) is 0 Å². The summed E-state index contributed by atoms with van der Waals surface area (Å²) in [7, 11) is -6.08. The Morgan fingerprint density at radius 3 is 1.93 bits per heavy atom. The first-order valence-electron chi connectivity index (χ1n) is 8.24. The van der Waals surface area contributed by atoms with E-state index in [2.05, 4.69) is 4.18 Å². The van der Waals surface area contributed by atoms with Gasteiger partial charge in [-0.25, -0.2) is 14.5 Å². The summed E-state index contributed by atoms with van der Waals surface area (Å²) in [6, 6.07) is -1.79. The molecule has 0 fully saturated rings. The average molecular weight is 445 g/mol. The Morgan fingerprint density at radius 1 is 1.03 bits per heavy atom. The molecule has 9 nitrogen and oxygen atoms in total. The first-order valence-corrected chi connectivity index (χ1v) is 9.65. The summed E-state index contributed by atoms with van der Waals surface area (Å²) in [6.07, 6.45) is -1.74. The maximum atomic E-state index is 12.6. The summed E-state index contributed by atoms with van der Waals surface area (Å²) in [5.41, 5.74) is -7.88. The van der Waals surface area contributed by atoms with Gasteiger partial charge < -0.3 is 13.7 Å². The fraction of sp³-hybridized carbons (Fsp3) is 0.688. The van der Waals surface area contributed by atoms with E-state index in [1.807, 2.05) is 0 Å². The van der Waals surface area contributed by atoms with Crippen molar-refractivity contribution in [3.63, 3.8) is 0 Å². The van der Waals surface area contributed by atoms with Crippen LogP contribution in [0, 0.1) is 0 Å². The summed E-state index contributed by atoms with van der Waals surface area (Å²) in [4.78, 5) is 37.5. The maximum absolute atomic E-state index is 12.6. The minimum atomic E-state index is -6.08. The predicted molar refractivity (Wildman–Crippen MR) is 91.5 cm³/mol. The van der Waals surface area contributed by atoms with Gasteiger partial charge in [0.1, 0.15) is 23.0 Å². The molecule has 29 heavy (non-hydrogen) atoms. The van der Waals surface area contributed by atoms with Crippen LogP contribution in [-0.2, 0) is 33.4 Å². The minimum absolute atomic E-state index is 0.340. The lowest BCUT2D eigenvalue weighted by Gasteiger charge is -2.34. The van der Waals surface area contributed by atoms with E-state index in [0.717, 1.165) is 0 Å². The summed E-state index contributed by atoms with van der Waals surface area (Å²) < 4.78 is 74.2. The molecule has 0 aromatic rings. The van der Waals surface area contributed by atoms with Crippen LogP contribution >= 0.6 is 0 Å². The summed E-state index contributed by atoms with van der Waals surface area (Å²) in [5.74, 6) is -3.42. The molecule has 1 atom stereocenters. The van der Waals surface area contributed by atoms with Gasteiger partial charge in [0.2, 0.25) is 0 Å². The zero-order valence-corrected chi connectivity index (χ0v) is 17.4. The van der Waals surface area contributed by atoms with E-state index in [1.165, 1.54) is 41.5 Å². The molecule has 0 aromatic carbocycles. The van der Waals surface area contributed by atoms with E-state index >= 15 is 0 Å². The first-order chi connectivity index (χ1) is 12.7. The van der Waals surface area contributed by atoms with Crippen LogP contribution in [-0.4, -0.2) is 54.0 Å². The van der Waals surface area contributed by atoms with Crippen molar-refractivity contribution in [1.29, 1.82) is 0 Å². The van der Waals surface area contributed by atoms with Gasteiger partial charge in [-0.05, 0) is 41.5 Å². The second kappa shape index (κ2) is 7.84. The second-order valence-corrected chi connectivity index (χ2v) is 9.57. The highest BCUT2D eigenvalue weighted by Crippen LogP contribution is 2.31. The molecule has 0 unspecified atom stereocenters. The molecule has 1 heterocycles. The summed E-state index contributed by atoms with van der Waals surface area (Å²) in [5, 5.41) is 0. The van der Waals surface area contributed by atoms with Crippen LogP contribution in [0.2, 0.25) is 0 Å². The number of rotatable bonds is 3. The van der Waals surface area contributed by atoms with Gasteiger partial charge >= 0.3 is 27.7 Å². The molecule has 0 N–H and O–H groups in total. The van der Waals surface area contributed by atoms with Gasteiger partial charge in [-0.1, -0.05) is 0 Å². The van der Waals surface area contributed by atoms with Crippen molar-refractivity contribution in [2.75, 3.05) is 0 Å². The number of esters is 1. The van der Waals surface area contributed by atoms with Crippen LogP contribution in [0.4, 0.5) is 18.0 Å². The Kier molecular flexibility index (Phi) is 6.69. The number of hydrogen-bond acceptors (Lipinski definition) is 8. The summed E-state index contributed by atoms with van der Waals surface area (Å²) in [6.45, 7) is 8.91. The van der Waals surface area contributed by atoms with Gasteiger partial charge in [-0.2, -0.15) is 21.6 Å².